The van der Waals surface area contributed by atoms with Crippen molar-refractivity contribution in [2.75, 3.05) is 0 Å². The van der Waals surface area contributed by atoms with Crippen molar-refractivity contribution < 1.29 is 9.21 Å². The number of carbonyl (C=O) groups is 1. The summed E-state index contributed by atoms with van der Waals surface area (Å²) in [6.45, 7) is 0.201. The summed E-state index contributed by atoms with van der Waals surface area (Å²) in [5.74, 6) is -0.333. The van der Waals surface area contributed by atoms with Crippen molar-refractivity contribution in [2.45, 2.75) is 13.0 Å². The number of aromatic nitrogens is 3. The molecule has 0 aliphatic carbocycles. The number of benzene rings is 1. The van der Waals surface area contributed by atoms with Gasteiger partial charge in [0.15, 0.2) is 12.0 Å². The highest BCUT2D eigenvalue weighted by Crippen LogP contribution is 2.30. The molecule has 0 unspecified atom stereocenters. The molecular weight excluding hydrogens is 414 g/mol. The predicted octanol–water partition coefficient (Wildman–Crippen LogP) is 3.14. The molecule has 0 radical (unpaired) electrons. The summed E-state index contributed by atoms with van der Waals surface area (Å²) in [6, 6.07) is 5.35. The molecular formula is C21H19N7O2S. The number of fused-ring (bicyclic) bond motifs is 1. The lowest BCUT2D eigenvalue weighted by molar-refractivity contribution is 0.0943. The highest BCUT2D eigenvalue weighted by molar-refractivity contribution is 7.19. The van der Waals surface area contributed by atoms with Crippen molar-refractivity contribution >= 4 is 46.2 Å². The van der Waals surface area contributed by atoms with Crippen molar-refractivity contribution in [3.63, 3.8) is 0 Å². The molecule has 4 rings (SSSR count). The Hall–Kier alpha value is -3.92. The molecule has 0 spiro atoms. The Balaban J connectivity index is 1.62. The second kappa shape index (κ2) is 8.44. The first-order valence-electron chi connectivity index (χ1n) is 9.34. The summed E-state index contributed by atoms with van der Waals surface area (Å²) in [4.78, 5) is 21.7. The van der Waals surface area contributed by atoms with Gasteiger partial charge in [-0.05, 0) is 5.56 Å². The van der Waals surface area contributed by atoms with Crippen LogP contribution in [0.5, 0.6) is 0 Å². The van der Waals surface area contributed by atoms with E-state index in [1.807, 2.05) is 6.07 Å². The van der Waals surface area contributed by atoms with E-state index in [4.69, 9.17) is 20.6 Å². The molecule has 3 heterocycles. The van der Waals surface area contributed by atoms with E-state index in [0.717, 1.165) is 21.0 Å². The molecule has 1 aromatic carbocycles. The first kappa shape index (κ1) is 20.4. The first-order chi connectivity index (χ1) is 15.1. The van der Waals surface area contributed by atoms with E-state index in [2.05, 4.69) is 15.3 Å². The van der Waals surface area contributed by atoms with Gasteiger partial charge in [-0.25, -0.2) is 9.97 Å². The predicted molar refractivity (Wildman–Crippen MR) is 119 cm³/mol. The number of hydrogen-bond acceptors (Lipinski definition) is 8. The van der Waals surface area contributed by atoms with Crippen LogP contribution in [0, 0.1) is 16.2 Å². The number of hydrogen-bond donors (Lipinski definition) is 4. The molecule has 0 aliphatic rings. The highest BCUT2D eigenvalue weighted by atomic mass is 32.1. The number of rotatable bonds is 8. The number of oxazole rings is 1. The summed E-state index contributed by atoms with van der Waals surface area (Å²) in [5, 5.41) is 26.7. The minimum Gasteiger partial charge on any atom is -0.451 e. The molecule has 0 atom stereocenters. The lowest BCUT2D eigenvalue weighted by Gasteiger charge is -2.11. The molecule has 0 saturated heterocycles. The zero-order valence-corrected chi connectivity index (χ0v) is 17.4. The van der Waals surface area contributed by atoms with Gasteiger partial charge in [-0.1, -0.05) is 18.2 Å². The number of carbonyl (C=O) groups excluding carboxylic acids is 1. The van der Waals surface area contributed by atoms with Gasteiger partial charge in [0.05, 0.1) is 10.4 Å². The van der Waals surface area contributed by atoms with E-state index in [9.17, 15) is 4.79 Å². The minimum absolute atomic E-state index is 0.201. The Bertz CT molecular complexity index is 1300. The fraction of sp³-hybridized carbons (Fsp3) is 0.143. The number of amides is 1. The Kier molecular flexibility index (Phi) is 5.54. The van der Waals surface area contributed by atoms with Gasteiger partial charge in [-0.15, -0.1) is 11.3 Å². The molecule has 0 aliphatic heterocycles. The second-order valence-corrected chi connectivity index (χ2v) is 7.86. The Morgan fingerprint density at radius 2 is 2.03 bits per heavy atom. The van der Waals surface area contributed by atoms with Gasteiger partial charge < -0.3 is 30.5 Å². The number of nitrogens with zero attached hydrogens (tertiary/aromatic N) is 3. The van der Waals surface area contributed by atoms with Gasteiger partial charge in [0.1, 0.15) is 17.0 Å². The maximum Gasteiger partial charge on any atom is 0.268 e. The molecule has 31 heavy (non-hydrogen) atoms. The average molecular weight is 433 g/mol. The van der Waals surface area contributed by atoms with Crippen molar-refractivity contribution in [3.8, 4) is 0 Å². The summed E-state index contributed by atoms with van der Waals surface area (Å²) in [5.41, 5.74) is 4.23. The SMILES string of the molecule is Cn1c(C(=O)NCc2cccc(C=N)c2C=N)c(C=N)c2sc(Cc3cocn3)nc21. The van der Waals surface area contributed by atoms with Gasteiger partial charge >= 0.3 is 0 Å². The van der Waals surface area contributed by atoms with E-state index in [0.29, 0.717) is 34.5 Å². The molecule has 0 fully saturated rings. The van der Waals surface area contributed by atoms with Gasteiger partial charge in [-0.3, -0.25) is 4.79 Å². The second-order valence-electron chi connectivity index (χ2n) is 6.77. The maximum atomic E-state index is 13.0. The molecule has 156 valence electrons. The van der Waals surface area contributed by atoms with Crippen LogP contribution in [0.2, 0.25) is 0 Å². The summed E-state index contributed by atoms with van der Waals surface area (Å²) in [7, 11) is 1.75. The number of nitrogens with one attached hydrogen (secondary N) is 4. The normalized spacial score (nSPS) is 10.9. The third-order valence-electron chi connectivity index (χ3n) is 4.95. The van der Waals surface area contributed by atoms with E-state index in [1.54, 1.807) is 30.0 Å². The largest absolute Gasteiger partial charge is 0.451 e. The fourth-order valence-corrected chi connectivity index (χ4v) is 4.59. The molecule has 0 bridgehead atoms. The maximum absolute atomic E-state index is 13.0. The van der Waals surface area contributed by atoms with Crippen molar-refractivity contribution in [2.24, 2.45) is 7.05 Å². The van der Waals surface area contributed by atoms with Gasteiger partial charge in [-0.2, -0.15) is 0 Å². The van der Waals surface area contributed by atoms with Crippen molar-refractivity contribution in [1.82, 2.24) is 19.9 Å². The lowest BCUT2D eigenvalue weighted by atomic mass is 10.0. The highest BCUT2D eigenvalue weighted by Gasteiger charge is 2.23. The topological polar surface area (TPSA) is 144 Å². The molecule has 9 nitrogen and oxygen atoms in total. The average Bonchev–Trinajstić information content (AvgIpc) is 3.49. The number of thiazole rings is 1. The number of aryl methyl sites for hydroxylation is 1. The van der Waals surface area contributed by atoms with Gasteiger partial charge in [0.25, 0.3) is 5.91 Å². The van der Waals surface area contributed by atoms with Crippen LogP contribution in [-0.4, -0.2) is 39.1 Å². The van der Waals surface area contributed by atoms with Crippen LogP contribution in [-0.2, 0) is 20.0 Å². The van der Waals surface area contributed by atoms with Crippen LogP contribution in [0.15, 0.2) is 35.3 Å². The molecule has 1 amide bonds. The smallest absolute Gasteiger partial charge is 0.268 e. The summed E-state index contributed by atoms with van der Waals surface area (Å²) >= 11 is 1.42. The van der Waals surface area contributed by atoms with E-state index >= 15 is 0 Å². The van der Waals surface area contributed by atoms with Crippen LogP contribution in [0.25, 0.3) is 10.3 Å². The van der Waals surface area contributed by atoms with E-state index < -0.39 is 0 Å². The van der Waals surface area contributed by atoms with Crippen LogP contribution in [0.3, 0.4) is 0 Å². The minimum atomic E-state index is -0.333. The van der Waals surface area contributed by atoms with Crippen LogP contribution in [0.1, 0.15) is 43.4 Å². The molecule has 4 aromatic rings. The van der Waals surface area contributed by atoms with E-state index in [1.165, 1.54) is 36.4 Å². The Morgan fingerprint density at radius 1 is 1.23 bits per heavy atom. The van der Waals surface area contributed by atoms with Crippen molar-refractivity contribution in [3.05, 3.63) is 69.5 Å². The lowest BCUT2D eigenvalue weighted by Crippen LogP contribution is -2.26. The summed E-state index contributed by atoms with van der Waals surface area (Å²) in [6.07, 6.45) is 7.00. The Labute approximate surface area is 181 Å². The standard InChI is InChI=1S/C21H19N7O2S/c1-28-18(21(29)25-9-13-4-2-3-12(6-22)15(13)7-23)16(8-24)19-20(28)27-17(31-19)5-14-10-30-11-26-14/h2-4,6-8,10-11,22-24H,5,9H2,1H3,(H,25,29). The molecule has 3 aromatic heterocycles. The van der Waals surface area contributed by atoms with Crippen LogP contribution >= 0.6 is 11.3 Å². The molecule has 10 heteroatoms. The Morgan fingerprint density at radius 3 is 2.71 bits per heavy atom. The molecule has 4 N–H and O–H groups in total. The third-order valence-corrected chi connectivity index (χ3v) is 6.03. The van der Waals surface area contributed by atoms with Gasteiger partial charge in [0, 0.05) is 55.3 Å². The monoisotopic (exact) mass is 433 g/mol. The van der Waals surface area contributed by atoms with Gasteiger partial charge in [0.2, 0.25) is 0 Å². The first-order valence-corrected chi connectivity index (χ1v) is 10.2. The zero-order valence-electron chi connectivity index (χ0n) is 16.6. The fourth-order valence-electron chi connectivity index (χ4n) is 3.46. The van der Waals surface area contributed by atoms with Crippen LogP contribution in [0.4, 0.5) is 0 Å². The molecule has 0 saturated carbocycles. The van der Waals surface area contributed by atoms with E-state index in [-0.39, 0.29) is 12.5 Å². The van der Waals surface area contributed by atoms with Crippen LogP contribution < -0.4 is 5.32 Å². The quantitative estimate of drug-likeness (QED) is 0.316. The zero-order chi connectivity index (χ0) is 22.0. The van der Waals surface area contributed by atoms with Crippen molar-refractivity contribution in [1.29, 1.82) is 16.2 Å². The third kappa shape index (κ3) is 3.68. The summed E-state index contributed by atoms with van der Waals surface area (Å²) < 4.78 is 7.47.